The first-order valence-electron chi connectivity index (χ1n) is 21.5. The standard InChI is InChI=1S/C46H80NO8P/c1-6-8-10-11-12-13-14-15-16-17-20-23-26-29-32-35-40-52-45(43-55-56(50,51)54-41-39-47(3,4)5)42-53-46(49)38-34-31-28-25-22-19-18-21-24-27-30-33-37-44(48)36-9-7-2/h9,15-16,18-19,24-25,27-28,30,33,35-36,40,44-45,48H,6-8,10-14,17,20-23,26,29,31-32,34,37-39,41-43H2,1-5H3/p+1/b16-15-,19-18-,27-24-,28-25-,33-30+,36-9-,40-35+/t44?,45-/m1/s1. The van der Waals surface area contributed by atoms with Crippen molar-refractivity contribution in [2.45, 2.75) is 154 Å². The van der Waals surface area contributed by atoms with Gasteiger partial charge >= 0.3 is 13.8 Å². The number of aliphatic hydroxyl groups is 1. The average molecular weight is 807 g/mol. The van der Waals surface area contributed by atoms with Gasteiger partial charge in [0.2, 0.25) is 0 Å². The van der Waals surface area contributed by atoms with Crippen molar-refractivity contribution in [3.05, 3.63) is 85.3 Å². The van der Waals surface area contributed by atoms with E-state index in [0.717, 1.165) is 51.4 Å². The number of esters is 1. The summed E-state index contributed by atoms with van der Waals surface area (Å²) in [6, 6.07) is 0. The number of unbranched alkanes of at least 4 members (excludes halogenated alkanes) is 12. The zero-order chi connectivity index (χ0) is 41.4. The minimum absolute atomic E-state index is 0.0674. The molecule has 10 heteroatoms. The number of hydrogen-bond donors (Lipinski definition) is 2. The minimum Gasteiger partial charge on any atom is -0.492 e. The molecule has 0 radical (unpaired) electrons. The van der Waals surface area contributed by atoms with Gasteiger partial charge in [-0.3, -0.25) is 13.8 Å². The molecule has 0 spiro atoms. The third-order valence-electron chi connectivity index (χ3n) is 8.60. The van der Waals surface area contributed by atoms with Crippen LogP contribution in [0, 0.1) is 0 Å². The number of aliphatic hydroxyl groups excluding tert-OH is 1. The molecule has 0 aromatic carbocycles. The predicted octanol–water partition coefficient (Wildman–Crippen LogP) is 11.8. The lowest BCUT2D eigenvalue weighted by atomic mass is 10.1. The van der Waals surface area contributed by atoms with Gasteiger partial charge < -0.3 is 24.0 Å². The second-order valence-corrected chi connectivity index (χ2v) is 16.7. The second-order valence-electron chi connectivity index (χ2n) is 15.2. The van der Waals surface area contributed by atoms with Crippen LogP contribution in [-0.4, -0.2) is 80.2 Å². The van der Waals surface area contributed by atoms with E-state index < -0.39 is 20.0 Å². The number of nitrogens with zero attached hydrogens (tertiary/aromatic N) is 1. The number of likely N-dealkylation sites (N-methyl/N-ethyl adjacent to an activating group) is 1. The average Bonchev–Trinajstić information content (AvgIpc) is 3.15. The molecule has 0 heterocycles. The molecule has 0 aromatic rings. The van der Waals surface area contributed by atoms with Crippen molar-refractivity contribution < 1.29 is 42.4 Å². The Balaban J connectivity index is 4.47. The molecule has 56 heavy (non-hydrogen) atoms. The smallest absolute Gasteiger partial charge is 0.472 e. The lowest BCUT2D eigenvalue weighted by Crippen LogP contribution is -2.37. The molecule has 0 bridgehead atoms. The van der Waals surface area contributed by atoms with Gasteiger partial charge in [-0.1, -0.05) is 132 Å². The fourth-order valence-electron chi connectivity index (χ4n) is 5.17. The van der Waals surface area contributed by atoms with Gasteiger partial charge in [0.05, 0.1) is 40.1 Å². The molecule has 2 N–H and O–H groups in total. The normalized spacial score (nSPS) is 15.1. The topological polar surface area (TPSA) is 112 Å². The van der Waals surface area contributed by atoms with E-state index in [1.54, 1.807) is 6.26 Å². The van der Waals surface area contributed by atoms with Crippen LogP contribution in [0.4, 0.5) is 0 Å². The summed E-state index contributed by atoms with van der Waals surface area (Å²) in [6.45, 7) is 4.55. The van der Waals surface area contributed by atoms with Crippen molar-refractivity contribution in [1.82, 2.24) is 0 Å². The van der Waals surface area contributed by atoms with E-state index in [4.69, 9.17) is 18.5 Å². The Kier molecular flexibility index (Phi) is 36.3. The monoisotopic (exact) mass is 807 g/mol. The highest BCUT2D eigenvalue weighted by Crippen LogP contribution is 2.43. The zero-order valence-electron chi connectivity index (χ0n) is 35.9. The molecule has 0 saturated heterocycles. The first kappa shape index (κ1) is 53.5. The highest BCUT2D eigenvalue weighted by molar-refractivity contribution is 7.47. The van der Waals surface area contributed by atoms with Crippen LogP contribution in [0.1, 0.15) is 142 Å². The number of ether oxygens (including phenoxy) is 2. The van der Waals surface area contributed by atoms with E-state index in [1.165, 1.54) is 57.8 Å². The molecular weight excluding hydrogens is 725 g/mol. The van der Waals surface area contributed by atoms with Crippen LogP contribution in [0.25, 0.3) is 0 Å². The lowest BCUT2D eigenvalue weighted by molar-refractivity contribution is -0.870. The quantitative estimate of drug-likeness (QED) is 0.0121. The first-order valence-corrected chi connectivity index (χ1v) is 23.0. The fraction of sp³-hybridized carbons (Fsp3) is 0.674. The second kappa shape index (κ2) is 38.0. The molecule has 0 aromatic heterocycles. The van der Waals surface area contributed by atoms with E-state index in [2.05, 4.69) is 49.5 Å². The van der Waals surface area contributed by atoms with Crippen molar-refractivity contribution in [2.24, 2.45) is 0 Å². The summed E-state index contributed by atoms with van der Waals surface area (Å²) in [4.78, 5) is 22.6. The van der Waals surface area contributed by atoms with Gasteiger partial charge in [0.15, 0.2) is 6.10 Å². The van der Waals surface area contributed by atoms with Gasteiger partial charge in [-0.05, 0) is 83.1 Å². The Labute approximate surface area is 342 Å². The highest BCUT2D eigenvalue weighted by atomic mass is 31.2. The molecule has 0 rings (SSSR count). The van der Waals surface area contributed by atoms with E-state index in [9.17, 15) is 19.4 Å². The molecule has 0 fully saturated rings. The highest BCUT2D eigenvalue weighted by Gasteiger charge is 2.25. The van der Waals surface area contributed by atoms with Crippen molar-refractivity contribution in [3.8, 4) is 0 Å². The van der Waals surface area contributed by atoms with Gasteiger partial charge in [0.25, 0.3) is 0 Å². The minimum atomic E-state index is -4.29. The fourth-order valence-corrected chi connectivity index (χ4v) is 5.92. The van der Waals surface area contributed by atoms with Crippen LogP contribution >= 0.6 is 7.82 Å². The van der Waals surface area contributed by atoms with E-state index >= 15 is 0 Å². The number of hydrogen-bond acceptors (Lipinski definition) is 7. The van der Waals surface area contributed by atoms with Crippen LogP contribution in [0.15, 0.2) is 85.3 Å². The van der Waals surface area contributed by atoms with Crippen molar-refractivity contribution in [3.63, 3.8) is 0 Å². The van der Waals surface area contributed by atoms with Gasteiger partial charge in [0.1, 0.15) is 19.8 Å². The Morgan fingerprint density at radius 1 is 0.679 bits per heavy atom. The van der Waals surface area contributed by atoms with Crippen molar-refractivity contribution >= 4 is 13.8 Å². The maximum Gasteiger partial charge on any atom is 0.472 e. The van der Waals surface area contributed by atoms with Crippen LogP contribution in [0.5, 0.6) is 0 Å². The van der Waals surface area contributed by atoms with E-state index in [-0.39, 0.29) is 32.2 Å². The summed E-state index contributed by atoms with van der Waals surface area (Å²) in [6.07, 6.45) is 47.8. The van der Waals surface area contributed by atoms with Gasteiger partial charge in [0, 0.05) is 6.42 Å². The zero-order valence-corrected chi connectivity index (χ0v) is 36.8. The van der Waals surface area contributed by atoms with Crippen LogP contribution in [-0.2, 0) is 27.9 Å². The summed E-state index contributed by atoms with van der Waals surface area (Å²) < 4.78 is 34.6. The molecule has 0 saturated carbocycles. The molecule has 2 unspecified atom stereocenters. The number of quaternary nitrogens is 1. The number of phosphoric acid groups is 1. The van der Waals surface area contributed by atoms with Gasteiger partial charge in [-0.25, -0.2) is 4.57 Å². The number of phosphoric ester groups is 1. The number of allylic oxidation sites excluding steroid dienone is 11. The van der Waals surface area contributed by atoms with Crippen molar-refractivity contribution in [1.29, 1.82) is 0 Å². The van der Waals surface area contributed by atoms with E-state index in [0.29, 0.717) is 23.9 Å². The summed E-state index contributed by atoms with van der Waals surface area (Å²) in [7, 11) is 1.60. The summed E-state index contributed by atoms with van der Waals surface area (Å²) >= 11 is 0. The lowest BCUT2D eigenvalue weighted by Gasteiger charge is -2.24. The van der Waals surface area contributed by atoms with E-state index in [1.807, 2.05) is 64.5 Å². The number of carbonyl (C=O) groups is 1. The summed E-state index contributed by atoms with van der Waals surface area (Å²) in [5.74, 6) is -0.354. The summed E-state index contributed by atoms with van der Waals surface area (Å²) in [5, 5.41) is 9.77. The third kappa shape index (κ3) is 41.1. The Bertz CT molecular complexity index is 1180. The van der Waals surface area contributed by atoms with Crippen LogP contribution in [0.3, 0.4) is 0 Å². The third-order valence-corrected chi connectivity index (χ3v) is 9.59. The molecule has 0 aliphatic rings. The van der Waals surface area contributed by atoms with Gasteiger partial charge in [-0.2, -0.15) is 0 Å². The predicted molar refractivity (Wildman–Crippen MR) is 234 cm³/mol. The molecular formula is C46H81NO8P+. The van der Waals surface area contributed by atoms with Crippen LogP contribution < -0.4 is 0 Å². The number of carbonyl (C=O) groups excluding carboxylic acids is 1. The van der Waals surface area contributed by atoms with Gasteiger partial charge in [-0.15, -0.1) is 0 Å². The Morgan fingerprint density at radius 3 is 1.91 bits per heavy atom. The molecule has 9 nitrogen and oxygen atoms in total. The Morgan fingerprint density at radius 2 is 1.25 bits per heavy atom. The first-order chi connectivity index (χ1) is 27.0. The summed E-state index contributed by atoms with van der Waals surface area (Å²) in [5.41, 5.74) is 0. The Hall–Kier alpha value is -2.52. The molecule has 322 valence electrons. The maximum absolute atomic E-state index is 12.5. The SMILES string of the molecule is CC/C=C\C(O)C/C=C/C=C\C/C=C\C/C=C\CCCC(=O)OC[C@H](COP(=O)(O)OCC[N+](C)(C)C)O/C=C/CCCCCC/C=C\CCCCCCCC. The molecule has 0 amide bonds. The van der Waals surface area contributed by atoms with Crippen LogP contribution in [0.2, 0.25) is 0 Å². The molecule has 0 aliphatic carbocycles. The molecule has 3 atom stereocenters. The van der Waals surface area contributed by atoms with Crippen molar-refractivity contribution in [2.75, 3.05) is 47.5 Å². The maximum atomic E-state index is 12.5. The molecule has 0 aliphatic heterocycles. The largest absolute Gasteiger partial charge is 0.492 e. The number of rotatable bonds is 38.